The maximum Gasteiger partial charge on any atom is 0.161 e. The van der Waals surface area contributed by atoms with Crippen LogP contribution in [0.15, 0.2) is 223 Å². The second-order valence-electron chi connectivity index (χ2n) is 17.7. The van der Waals surface area contributed by atoms with Crippen LogP contribution in [0, 0.1) is 0 Å². The van der Waals surface area contributed by atoms with Gasteiger partial charge in [0.1, 0.15) is 11.2 Å². The largest absolute Gasteiger partial charge is 0.455 e. The molecular formula is C62H36N4O. The van der Waals surface area contributed by atoms with Crippen LogP contribution in [0.4, 0.5) is 0 Å². The van der Waals surface area contributed by atoms with Crippen LogP contribution in [0.5, 0.6) is 0 Å². The van der Waals surface area contributed by atoms with Gasteiger partial charge in [-0.15, -0.1) is 0 Å². The van der Waals surface area contributed by atoms with Crippen molar-refractivity contribution >= 4 is 109 Å². The molecule has 11 aromatic carbocycles. The quantitative estimate of drug-likeness (QED) is 0.177. The molecule has 0 spiro atoms. The number of hydrogen-bond donors (Lipinski definition) is 0. The molecule has 310 valence electrons. The van der Waals surface area contributed by atoms with Gasteiger partial charge < -0.3 is 13.6 Å². The van der Waals surface area contributed by atoms with Crippen molar-refractivity contribution in [2.75, 3.05) is 0 Å². The van der Waals surface area contributed by atoms with Crippen molar-refractivity contribution < 1.29 is 4.42 Å². The molecule has 15 rings (SSSR count). The summed E-state index contributed by atoms with van der Waals surface area (Å²) in [5.41, 5.74) is 12.2. The monoisotopic (exact) mass is 852 g/mol. The predicted octanol–water partition coefficient (Wildman–Crippen LogP) is 16.5. The summed E-state index contributed by atoms with van der Waals surface area (Å²) in [6, 6.07) is 78.6. The number of para-hydroxylation sites is 4. The van der Waals surface area contributed by atoms with E-state index in [-0.39, 0.29) is 0 Å². The van der Waals surface area contributed by atoms with Gasteiger partial charge in [-0.05, 0) is 99.7 Å². The SMILES string of the molecule is c1ccc2cc3c(cc2c1)c1ccccc1n3-c1ccc2c3cc4ccccc4cc3n(-c3ccc(-c4nc(-c5cccc6c5oc5ccccc56)c5ccccc5n4)c4ccccc34)c2c1. The van der Waals surface area contributed by atoms with E-state index in [4.69, 9.17) is 14.4 Å². The minimum atomic E-state index is 0.666. The van der Waals surface area contributed by atoms with Gasteiger partial charge >= 0.3 is 0 Å². The van der Waals surface area contributed by atoms with Gasteiger partial charge in [-0.3, -0.25) is 0 Å². The van der Waals surface area contributed by atoms with Gasteiger partial charge in [-0.1, -0.05) is 146 Å². The van der Waals surface area contributed by atoms with Crippen molar-refractivity contribution in [2.45, 2.75) is 0 Å². The van der Waals surface area contributed by atoms with E-state index >= 15 is 0 Å². The second-order valence-corrected chi connectivity index (χ2v) is 17.7. The lowest BCUT2D eigenvalue weighted by atomic mass is 10.00. The fourth-order valence-corrected chi connectivity index (χ4v) is 11.0. The molecule has 67 heavy (non-hydrogen) atoms. The molecule has 0 saturated carbocycles. The fourth-order valence-electron chi connectivity index (χ4n) is 11.0. The molecule has 0 unspecified atom stereocenters. The molecule has 5 nitrogen and oxygen atoms in total. The lowest BCUT2D eigenvalue weighted by molar-refractivity contribution is 0.670. The Balaban J connectivity index is 0.989. The zero-order chi connectivity index (χ0) is 43.7. The number of nitrogens with zero attached hydrogens (tertiary/aromatic N) is 4. The summed E-state index contributed by atoms with van der Waals surface area (Å²) in [4.78, 5) is 10.8. The van der Waals surface area contributed by atoms with Crippen molar-refractivity contribution in [1.29, 1.82) is 0 Å². The topological polar surface area (TPSA) is 48.8 Å². The molecule has 0 atom stereocenters. The van der Waals surface area contributed by atoms with Crippen LogP contribution in [0.2, 0.25) is 0 Å². The molecule has 4 aromatic heterocycles. The van der Waals surface area contributed by atoms with Crippen molar-refractivity contribution in [3.05, 3.63) is 218 Å². The number of hydrogen-bond acceptors (Lipinski definition) is 3. The van der Waals surface area contributed by atoms with Crippen molar-refractivity contribution in [3.63, 3.8) is 0 Å². The van der Waals surface area contributed by atoms with Gasteiger partial charge in [-0.2, -0.15) is 0 Å². The Labute approximate surface area is 383 Å². The summed E-state index contributed by atoms with van der Waals surface area (Å²) in [5.74, 6) is 0.666. The third kappa shape index (κ3) is 5.25. The van der Waals surface area contributed by atoms with Gasteiger partial charge in [0, 0.05) is 59.9 Å². The zero-order valence-electron chi connectivity index (χ0n) is 36.0. The maximum atomic E-state index is 6.58. The molecule has 0 aliphatic rings. The van der Waals surface area contributed by atoms with E-state index < -0.39 is 0 Å². The summed E-state index contributed by atoms with van der Waals surface area (Å²) in [6.45, 7) is 0. The van der Waals surface area contributed by atoms with E-state index in [1.165, 1.54) is 54.1 Å². The highest BCUT2D eigenvalue weighted by Gasteiger charge is 2.22. The van der Waals surface area contributed by atoms with E-state index in [9.17, 15) is 0 Å². The Hall–Kier alpha value is -9.06. The molecule has 0 bridgehead atoms. The van der Waals surface area contributed by atoms with Crippen LogP contribution in [0.1, 0.15) is 0 Å². The van der Waals surface area contributed by atoms with Gasteiger partial charge in [0.25, 0.3) is 0 Å². The average Bonchev–Trinajstić information content (AvgIpc) is 4.03. The number of benzene rings is 11. The molecule has 0 fully saturated rings. The number of fused-ring (bicyclic) bond motifs is 13. The van der Waals surface area contributed by atoms with Crippen LogP contribution < -0.4 is 0 Å². The van der Waals surface area contributed by atoms with Crippen LogP contribution in [0.3, 0.4) is 0 Å². The molecule has 0 radical (unpaired) electrons. The Bertz CT molecular complexity index is 4590. The highest BCUT2D eigenvalue weighted by Crippen LogP contribution is 2.43. The van der Waals surface area contributed by atoms with Gasteiger partial charge in [0.05, 0.1) is 39.0 Å². The summed E-state index contributed by atoms with van der Waals surface area (Å²) < 4.78 is 11.5. The average molecular weight is 853 g/mol. The number of rotatable bonds is 4. The fraction of sp³-hybridized carbons (Fsp3) is 0. The van der Waals surface area contributed by atoms with E-state index in [0.29, 0.717) is 5.82 Å². The first kappa shape index (κ1) is 36.3. The molecule has 0 aliphatic heterocycles. The van der Waals surface area contributed by atoms with Crippen LogP contribution >= 0.6 is 0 Å². The Morgan fingerprint density at radius 1 is 0.328 bits per heavy atom. The smallest absolute Gasteiger partial charge is 0.161 e. The third-order valence-electron chi connectivity index (χ3n) is 14.1. The van der Waals surface area contributed by atoms with E-state index in [1.807, 2.05) is 18.2 Å². The first-order valence-electron chi connectivity index (χ1n) is 22.8. The summed E-state index contributed by atoms with van der Waals surface area (Å²) in [5, 5.41) is 15.1. The summed E-state index contributed by atoms with van der Waals surface area (Å²) in [7, 11) is 0. The lowest BCUT2D eigenvalue weighted by Gasteiger charge is -2.16. The van der Waals surface area contributed by atoms with E-state index in [1.54, 1.807) is 0 Å². The van der Waals surface area contributed by atoms with E-state index in [0.717, 1.165) is 82.8 Å². The zero-order valence-corrected chi connectivity index (χ0v) is 36.0. The van der Waals surface area contributed by atoms with Crippen LogP contribution in [0.25, 0.3) is 143 Å². The Morgan fingerprint density at radius 2 is 0.910 bits per heavy atom. The highest BCUT2D eigenvalue weighted by molar-refractivity contribution is 6.18. The highest BCUT2D eigenvalue weighted by atomic mass is 16.3. The molecular weight excluding hydrogens is 817 g/mol. The summed E-state index contributed by atoms with van der Waals surface area (Å²) in [6.07, 6.45) is 0. The van der Waals surface area contributed by atoms with Crippen LogP contribution in [-0.2, 0) is 0 Å². The first-order valence-corrected chi connectivity index (χ1v) is 22.8. The number of furan rings is 1. The van der Waals surface area contributed by atoms with Gasteiger partial charge in [0.15, 0.2) is 5.82 Å². The molecule has 0 saturated heterocycles. The lowest BCUT2D eigenvalue weighted by Crippen LogP contribution is -2.00. The van der Waals surface area contributed by atoms with Gasteiger partial charge in [0.2, 0.25) is 0 Å². The second kappa shape index (κ2) is 13.7. The minimum Gasteiger partial charge on any atom is -0.455 e. The summed E-state index contributed by atoms with van der Waals surface area (Å²) >= 11 is 0. The molecule has 5 heteroatoms. The number of aromatic nitrogens is 4. The Kier molecular flexibility index (Phi) is 7.44. The molecule has 0 N–H and O–H groups in total. The van der Waals surface area contributed by atoms with E-state index in [2.05, 4.69) is 209 Å². The molecule has 0 amide bonds. The minimum absolute atomic E-state index is 0.666. The van der Waals surface area contributed by atoms with Crippen LogP contribution in [-0.4, -0.2) is 19.1 Å². The molecule has 0 aliphatic carbocycles. The standard InChI is InChI=1S/C62H36N4O/c1-3-16-39-34-56-51(32-37(39)14-1)44-20-8-11-26-54(44)65(56)41-28-29-45-52-33-38-15-2-4-17-40(38)35-57(52)66(58(45)36-41)55-31-30-48(42-18-5-6-19-43(42)55)62-63-53-25-10-7-22-49(53)60(64-62)50-24-13-23-47-46-21-9-12-27-59(46)67-61(47)50/h1-36H. The maximum absolute atomic E-state index is 6.58. The first-order chi connectivity index (χ1) is 33.2. The van der Waals surface area contributed by atoms with Gasteiger partial charge in [-0.25, -0.2) is 9.97 Å². The van der Waals surface area contributed by atoms with Crippen molar-refractivity contribution in [1.82, 2.24) is 19.1 Å². The third-order valence-corrected chi connectivity index (χ3v) is 14.1. The predicted molar refractivity (Wildman–Crippen MR) is 279 cm³/mol. The normalized spacial score (nSPS) is 12.2. The van der Waals surface area contributed by atoms with Crippen molar-refractivity contribution in [3.8, 4) is 34.0 Å². The molecule has 15 aromatic rings. The molecule has 4 heterocycles. The van der Waals surface area contributed by atoms with Crippen molar-refractivity contribution in [2.24, 2.45) is 0 Å². The Morgan fingerprint density at radius 3 is 1.69 bits per heavy atom.